The van der Waals surface area contributed by atoms with E-state index < -0.39 is 6.36 Å². The van der Waals surface area contributed by atoms with E-state index in [1.807, 2.05) is 0 Å². The van der Waals surface area contributed by atoms with Gasteiger partial charge in [-0.1, -0.05) is 18.2 Å². The zero-order valence-electron chi connectivity index (χ0n) is 10.0. The molecule has 0 fully saturated rings. The molecule has 0 atom stereocenters. The lowest BCUT2D eigenvalue weighted by atomic mass is 10.2. The topological polar surface area (TPSA) is 31.2 Å². The Kier molecular flexibility index (Phi) is 4.17. The summed E-state index contributed by atoms with van der Waals surface area (Å²) >= 11 is 3.21. The Labute approximate surface area is 120 Å². The third kappa shape index (κ3) is 3.86. The SMILES string of the molecule is O=c1ccc(Br)cn1Cc1ccccc1OC(F)(F)F. The van der Waals surface area contributed by atoms with Crippen molar-refractivity contribution in [3.63, 3.8) is 0 Å². The average molecular weight is 348 g/mol. The number of halogens is 4. The molecule has 0 saturated heterocycles. The van der Waals surface area contributed by atoms with Crippen LogP contribution < -0.4 is 10.3 Å². The van der Waals surface area contributed by atoms with Gasteiger partial charge in [-0.05, 0) is 28.1 Å². The molecule has 0 aliphatic heterocycles. The van der Waals surface area contributed by atoms with Crippen LogP contribution in [-0.2, 0) is 6.54 Å². The molecule has 0 bridgehead atoms. The Morgan fingerprint density at radius 1 is 1.15 bits per heavy atom. The summed E-state index contributed by atoms with van der Waals surface area (Å²) < 4.78 is 42.8. The molecule has 2 rings (SSSR count). The first-order valence-corrected chi connectivity index (χ1v) is 6.34. The number of aromatic nitrogens is 1. The second kappa shape index (κ2) is 5.70. The Morgan fingerprint density at radius 3 is 2.55 bits per heavy atom. The summed E-state index contributed by atoms with van der Waals surface area (Å²) in [6.07, 6.45) is -3.26. The molecule has 1 aromatic carbocycles. The maximum absolute atomic E-state index is 12.3. The summed E-state index contributed by atoms with van der Waals surface area (Å²) in [7, 11) is 0. The van der Waals surface area contributed by atoms with Crippen molar-refractivity contribution in [2.45, 2.75) is 12.9 Å². The van der Waals surface area contributed by atoms with E-state index in [2.05, 4.69) is 20.7 Å². The molecule has 3 nitrogen and oxygen atoms in total. The van der Waals surface area contributed by atoms with Crippen LogP contribution in [0.25, 0.3) is 0 Å². The van der Waals surface area contributed by atoms with Crippen molar-refractivity contribution in [3.05, 3.63) is 63.0 Å². The molecule has 7 heteroatoms. The van der Waals surface area contributed by atoms with E-state index >= 15 is 0 Å². The second-order valence-electron chi connectivity index (χ2n) is 3.97. The van der Waals surface area contributed by atoms with Crippen LogP contribution in [0.2, 0.25) is 0 Å². The van der Waals surface area contributed by atoms with Gasteiger partial charge >= 0.3 is 6.36 Å². The molecule has 20 heavy (non-hydrogen) atoms. The van der Waals surface area contributed by atoms with E-state index in [0.29, 0.717) is 4.47 Å². The van der Waals surface area contributed by atoms with Crippen molar-refractivity contribution in [2.75, 3.05) is 0 Å². The molecule has 1 heterocycles. The van der Waals surface area contributed by atoms with E-state index in [4.69, 9.17) is 0 Å². The number of nitrogens with zero attached hydrogens (tertiary/aromatic N) is 1. The molecule has 1 aromatic heterocycles. The molecule has 0 radical (unpaired) electrons. The van der Waals surface area contributed by atoms with Gasteiger partial charge in [-0.25, -0.2) is 0 Å². The van der Waals surface area contributed by atoms with Gasteiger partial charge in [0.05, 0.1) is 6.54 Å². The molecular weight excluding hydrogens is 339 g/mol. The number of alkyl halides is 3. The molecule has 0 N–H and O–H groups in total. The fourth-order valence-electron chi connectivity index (χ4n) is 1.67. The van der Waals surface area contributed by atoms with E-state index in [9.17, 15) is 18.0 Å². The maximum atomic E-state index is 12.3. The molecule has 0 amide bonds. The highest BCUT2D eigenvalue weighted by molar-refractivity contribution is 9.10. The average Bonchev–Trinajstić information content (AvgIpc) is 2.34. The largest absolute Gasteiger partial charge is 0.573 e. The van der Waals surface area contributed by atoms with Gasteiger partial charge in [-0.3, -0.25) is 4.79 Å². The number of rotatable bonds is 3. The lowest BCUT2D eigenvalue weighted by Gasteiger charge is -2.14. The smallest absolute Gasteiger partial charge is 0.405 e. The van der Waals surface area contributed by atoms with Gasteiger partial charge in [-0.15, -0.1) is 13.2 Å². The van der Waals surface area contributed by atoms with Crippen molar-refractivity contribution in [3.8, 4) is 5.75 Å². The molecule has 0 unspecified atom stereocenters. The summed E-state index contributed by atoms with van der Waals surface area (Å²) in [4.78, 5) is 11.7. The van der Waals surface area contributed by atoms with Crippen molar-refractivity contribution >= 4 is 15.9 Å². The summed E-state index contributed by atoms with van der Waals surface area (Å²) in [5.41, 5.74) is -0.0416. The monoisotopic (exact) mass is 347 g/mol. The number of para-hydroxylation sites is 1. The maximum Gasteiger partial charge on any atom is 0.573 e. The number of pyridine rings is 1. The highest BCUT2D eigenvalue weighted by Crippen LogP contribution is 2.26. The van der Waals surface area contributed by atoms with Crippen LogP contribution in [-0.4, -0.2) is 10.9 Å². The Morgan fingerprint density at radius 2 is 1.85 bits per heavy atom. The number of ether oxygens (including phenoxy) is 1. The van der Waals surface area contributed by atoms with Crippen molar-refractivity contribution in [2.24, 2.45) is 0 Å². The lowest BCUT2D eigenvalue weighted by molar-refractivity contribution is -0.274. The van der Waals surface area contributed by atoms with Gasteiger partial charge in [0.2, 0.25) is 0 Å². The minimum Gasteiger partial charge on any atom is -0.405 e. The zero-order valence-corrected chi connectivity index (χ0v) is 11.6. The summed E-state index contributed by atoms with van der Waals surface area (Å²) in [5.74, 6) is -0.313. The third-order valence-electron chi connectivity index (χ3n) is 2.49. The molecule has 106 valence electrons. The van der Waals surface area contributed by atoms with Crippen LogP contribution in [0.4, 0.5) is 13.2 Å². The fourth-order valence-corrected chi connectivity index (χ4v) is 2.05. The van der Waals surface area contributed by atoms with E-state index in [-0.39, 0.29) is 23.4 Å². The summed E-state index contributed by atoms with van der Waals surface area (Å²) in [6.45, 7) is -0.00940. The predicted molar refractivity (Wildman–Crippen MR) is 70.6 cm³/mol. The number of benzene rings is 1. The first-order valence-electron chi connectivity index (χ1n) is 5.55. The molecular formula is C13H9BrF3NO2. The van der Waals surface area contributed by atoms with E-state index in [1.165, 1.54) is 35.0 Å². The van der Waals surface area contributed by atoms with Crippen LogP contribution >= 0.6 is 15.9 Å². The van der Waals surface area contributed by atoms with E-state index in [0.717, 1.165) is 0 Å². The molecule has 0 spiro atoms. The normalized spacial score (nSPS) is 11.4. The van der Waals surface area contributed by atoms with Gasteiger partial charge < -0.3 is 9.30 Å². The quantitative estimate of drug-likeness (QED) is 0.850. The van der Waals surface area contributed by atoms with Crippen LogP contribution in [0.3, 0.4) is 0 Å². The van der Waals surface area contributed by atoms with Crippen LogP contribution in [0.1, 0.15) is 5.56 Å². The van der Waals surface area contributed by atoms with Gasteiger partial charge in [0, 0.05) is 22.3 Å². The first-order chi connectivity index (χ1) is 9.35. The summed E-state index contributed by atoms with van der Waals surface area (Å²) in [5, 5.41) is 0. The highest BCUT2D eigenvalue weighted by Gasteiger charge is 2.31. The van der Waals surface area contributed by atoms with Crippen LogP contribution in [0.5, 0.6) is 5.75 Å². The third-order valence-corrected chi connectivity index (χ3v) is 2.96. The van der Waals surface area contributed by atoms with Gasteiger partial charge in [-0.2, -0.15) is 0 Å². The summed E-state index contributed by atoms with van der Waals surface area (Å²) in [6, 6.07) is 8.62. The minimum atomic E-state index is -4.77. The van der Waals surface area contributed by atoms with Gasteiger partial charge in [0.15, 0.2) is 0 Å². The van der Waals surface area contributed by atoms with Crippen molar-refractivity contribution in [1.82, 2.24) is 4.57 Å². The highest BCUT2D eigenvalue weighted by atomic mass is 79.9. The molecule has 2 aromatic rings. The van der Waals surface area contributed by atoms with Crippen molar-refractivity contribution < 1.29 is 17.9 Å². The van der Waals surface area contributed by atoms with E-state index in [1.54, 1.807) is 12.1 Å². The Bertz CT molecular complexity index is 667. The number of hydrogen-bond donors (Lipinski definition) is 0. The first kappa shape index (κ1) is 14.6. The number of hydrogen-bond acceptors (Lipinski definition) is 2. The Hall–Kier alpha value is -1.76. The second-order valence-corrected chi connectivity index (χ2v) is 4.88. The molecule has 0 aliphatic rings. The molecule has 0 saturated carbocycles. The lowest BCUT2D eigenvalue weighted by Crippen LogP contribution is -2.21. The zero-order chi connectivity index (χ0) is 14.8. The molecule has 0 aliphatic carbocycles. The van der Waals surface area contributed by atoms with Crippen molar-refractivity contribution in [1.29, 1.82) is 0 Å². The predicted octanol–water partition coefficient (Wildman–Crippen LogP) is 3.56. The van der Waals surface area contributed by atoms with Gasteiger partial charge in [0.1, 0.15) is 5.75 Å². The van der Waals surface area contributed by atoms with Crippen LogP contribution in [0.15, 0.2) is 51.9 Å². The fraction of sp³-hybridized carbons (Fsp3) is 0.154. The standard InChI is InChI=1S/C13H9BrF3NO2/c14-10-5-6-12(19)18(8-10)7-9-3-1-2-4-11(9)20-13(15,16)17/h1-6,8H,7H2. The minimum absolute atomic E-state index is 0.00940. The van der Waals surface area contributed by atoms with Gasteiger partial charge in [0.25, 0.3) is 5.56 Å². The Balaban J connectivity index is 2.34. The van der Waals surface area contributed by atoms with Crippen LogP contribution in [0, 0.1) is 0 Å².